The standard InChI is InChI=1S/C15H13Cl3N2O/c16-8-15(21)20-14(6-10-2-1-5-19-9-10)11-3-4-12(17)13(18)7-11/h1-5,7,9,14H,6,8H2,(H,20,21). The van der Waals surface area contributed by atoms with Crippen LogP contribution in [0.5, 0.6) is 0 Å². The molecule has 0 spiro atoms. The predicted molar refractivity (Wildman–Crippen MR) is 86.0 cm³/mol. The second-order valence-electron chi connectivity index (χ2n) is 4.49. The molecule has 0 aliphatic heterocycles. The molecule has 0 saturated carbocycles. The molecule has 2 aromatic rings. The summed E-state index contributed by atoms with van der Waals surface area (Å²) in [4.78, 5) is 15.7. The molecular weight excluding hydrogens is 331 g/mol. The molecule has 110 valence electrons. The van der Waals surface area contributed by atoms with Crippen LogP contribution in [0.25, 0.3) is 0 Å². The molecule has 21 heavy (non-hydrogen) atoms. The van der Waals surface area contributed by atoms with Crippen LogP contribution in [0.15, 0.2) is 42.7 Å². The largest absolute Gasteiger partial charge is 0.348 e. The fourth-order valence-electron chi connectivity index (χ4n) is 1.97. The Labute approximate surface area is 138 Å². The number of aromatic nitrogens is 1. The van der Waals surface area contributed by atoms with Gasteiger partial charge in [0.05, 0.1) is 16.1 Å². The molecule has 2 rings (SSSR count). The van der Waals surface area contributed by atoms with Crippen molar-refractivity contribution in [2.45, 2.75) is 12.5 Å². The number of pyridine rings is 1. The zero-order valence-electron chi connectivity index (χ0n) is 11.0. The third-order valence-corrected chi connectivity index (χ3v) is 3.95. The first-order valence-corrected chi connectivity index (χ1v) is 7.58. The SMILES string of the molecule is O=C(CCl)NC(Cc1cccnc1)c1ccc(Cl)c(Cl)c1. The van der Waals surface area contributed by atoms with Crippen LogP contribution >= 0.6 is 34.8 Å². The Balaban J connectivity index is 2.26. The Kier molecular flexibility index (Phi) is 5.85. The van der Waals surface area contributed by atoms with E-state index in [2.05, 4.69) is 10.3 Å². The van der Waals surface area contributed by atoms with Gasteiger partial charge in [0.15, 0.2) is 0 Å². The van der Waals surface area contributed by atoms with Crippen molar-refractivity contribution in [3.63, 3.8) is 0 Å². The van der Waals surface area contributed by atoms with Gasteiger partial charge in [-0.05, 0) is 35.7 Å². The van der Waals surface area contributed by atoms with Gasteiger partial charge in [-0.15, -0.1) is 11.6 Å². The Bertz CT molecular complexity index is 620. The number of amides is 1. The maximum Gasteiger partial charge on any atom is 0.235 e. The molecule has 1 heterocycles. The van der Waals surface area contributed by atoms with Gasteiger partial charge in [-0.2, -0.15) is 0 Å². The molecule has 3 nitrogen and oxygen atoms in total. The van der Waals surface area contributed by atoms with Gasteiger partial charge in [0.25, 0.3) is 0 Å². The summed E-state index contributed by atoms with van der Waals surface area (Å²) in [6.45, 7) is 0. The van der Waals surface area contributed by atoms with E-state index >= 15 is 0 Å². The molecule has 1 atom stereocenters. The Hall–Kier alpha value is -1.29. The van der Waals surface area contributed by atoms with Gasteiger partial charge >= 0.3 is 0 Å². The van der Waals surface area contributed by atoms with E-state index < -0.39 is 0 Å². The van der Waals surface area contributed by atoms with Gasteiger partial charge in [-0.3, -0.25) is 9.78 Å². The third kappa shape index (κ3) is 4.60. The van der Waals surface area contributed by atoms with E-state index in [1.54, 1.807) is 24.5 Å². The van der Waals surface area contributed by atoms with E-state index in [-0.39, 0.29) is 17.8 Å². The fraction of sp³-hybridized carbons (Fsp3) is 0.200. The molecule has 0 aliphatic carbocycles. The van der Waals surface area contributed by atoms with Gasteiger partial charge in [0.1, 0.15) is 5.88 Å². The van der Waals surface area contributed by atoms with Gasteiger partial charge in [0.2, 0.25) is 5.91 Å². The normalized spacial score (nSPS) is 12.0. The van der Waals surface area contributed by atoms with E-state index in [0.717, 1.165) is 11.1 Å². The molecule has 0 fully saturated rings. The van der Waals surface area contributed by atoms with Crippen LogP contribution in [-0.2, 0) is 11.2 Å². The van der Waals surface area contributed by atoms with Gasteiger partial charge in [-0.25, -0.2) is 0 Å². The summed E-state index contributed by atoms with van der Waals surface area (Å²) in [5.74, 6) is -0.332. The van der Waals surface area contributed by atoms with Crippen molar-refractivity contribution in [2.75, 3.05) is 5.88 Å². The van der Waals surface area contributed by atoms with Crippen LogP contribution < -0.4 is 5.32 Å². The highest BCUT2D eigenvalue weighted by molar-refractivity contribution is 6.42. The summed E-state index contributed by atoms with van der Waals surface area (Å²) >= 11 is 17.5. The molecule has 1 N–H and O–H groups in total. The number of nitrogens with zero attached hydrogens (tertiary/aromatic N) is 1. The number of carbonyl (C=O) groups excluding carboxylic acids is 1. The Morgan fingerprint density at radius 2 is 2.05 bits per heavy atom. The van der Waals surface area contributed by atoms with Gasteiger partial charge in [0, 0.05) is 12.4 Å². The van der Waals surface area contributed by atoms with Crippen molar-refractivity contribution in [2.24, 2.45) is 0 Å². The molecule has 0 aliphatic rings. The van der Waals surface area contributed by atoms with Crippen LogP contribution in [0, 0.1) is 0 Å². The molecule has 1 unspecified atom stereocenters. The van der Waals surface area contributed by atoms with E-state index in [9.17, 15) is 4.79 Å². The average Bonchev–Trinajstić information content (AvgIpc) is 2.50. The van der Waals surface area contributed by atoms with Crippen LogP contribution in [-0.4, -0.2) is 16.8 Å². The number of benzene rings is 1. The fourth-order valence-corrected chi connectivity index (χ4v) is 2.35. The van der Waals surface area contributed by atoms with Crippen LogP contribution in [0.3, 0.4) is 0 Å². The summed E-state index contributed by atoms with van der Waals surface area (Å²) in [6, 6.07) is 8.86. The van der Waals surface area contributed by atoms with Crippen LogP contribution in [0.2, 0.25) is 10.0 Å². The Morgan fingerprint density at radius 1 is 1.24 bits per heavy atom. The van der Waals surface area contributed by atoms with Crippen LogP contribution in [0.4, 0.5) is 0 Å². The quantitative estimate of drug-likeness (QED) is 0.833. The first-order chi connectivity index (χ1) is 10.1. The number of hydrogen-bond donors (Lipinski definition) is 1. The summed E-state index contributed by atoms with van der Waals surface area (Å²) in [6.07, 6.45) is 4.06. The van der Waals surface area contributed by atoms with E-state index in [1.807, 2.05) is 18.2 Å². The maximum absolute atomic E-state index is 11.6. The average molecular weight is 344 g/mol. The Morgan fingerprint density at radius 3 is 2.67 bits per heavy atom. The number of alkyl halides is 1. The number of nitrogens with one attached hydrogen (secondary N) is 1. The molecule has 1 aromatic carbocycles. The zero-order valence-corrected chi connectivity index (χ0v) is 13.3. The summed E-state index contributed by atoms with van der Waals surface area (Å²) in [7, 11) is 0. The van der Waals surface area contributed by atoms with E-state index in [4.69, 9.17) is 34.8 Å². The minimum Gasteiger partial charge on any atom is -0.348 e. The molecule has 0 saturated heterocycles. The highest BCUT2D eigenvalue weighted by Gasteiger charge is 2.16. The van der Waals surface area contributed by atoms with Gasteiger partial charge < -0.3 is 5.32 Å². The minimum absolute atomic E-state index is 0.0924. The molecule has 1 amide bonds. The smallest absolute Gasteiger partial charge is 0.235 e. The minimum atomic E-state index is -0.241. The van der Waals surface area contributed by atoms with Crippen molar-refractivity contribution >= 4 is 40.7 Å². The summed E-state index contributed by atoms with van der Waals surface area (Å²) in [5, 5.41) is 3.80. The lowest BCUT2D eigenvalue weighted by Gasteiger charge is -2.19. The number of carbonyl (C=O) groups is 1. The van der Waals surface area contributed by atoms with Crippen molar-refractivity contribution in [1.82, 2.24) is 10.3 Å². The summed E-state index contributed by atoms with van der Waals surface area (Å²) < 4.78 is 0. The lowest BCUT2D eigenvalue weighted by atomic mass is 10.00. The predicted octanol–water partition coefficient (Wildman–Crippen LogP) is 4.03. The molecule has 6 heteroatoms. The maximum atomic E-state index is 11.6. The number of halogens is 3. The van der Waals surface area contributed by atoms with Crippen molar-refractivity contribution in [1.29, 1.82) is 0 Å². The van der Waals surface area contributed by atoms with Gasteiger partial charge in [-0.1, -0.05) is 35.3 Å². The van der Waals surface area contributed by atoms with E-state index in [0.29, 0.717) is 16.5 Å². The van der Waals surface area contributed by atoms with Crippen molar-refractivity contribution in [3.8, 4) is 0 Å². The molecular formula is C15H13Cl3N2O. The van der Waals surface area contributed by atoms with E-state index in [1.165, 1.54) is 0 Å². The second kappa shape index (κ2) is 7.64. The third-order valence-electron chi connectivity index (χ3n) is 2.97. The first kappa shape index (κ1) is 16.1. The highest BCUT2D eigenvalue weighted by Crippen LogP contribution is 2.27. The first-order valence-electron chi connectivity index (χ1n) is 6.29. The molecule has 1 aromatic heterocycles. The second-order valence-corrected chi connectivity index (χ2v) is 5.57. The molecule has 0 radical (unpaired) electrons. The van der Waals surface area contributed by atoms with Crippen molar-refractivity contribution in [3.05, 3.63) is 63.9 Å². The van der Waals surface area contributed by atoms with Crippen LogP contribution in [0.1, 0.15) is 17.2 Å². The topological polar surface area (TPSA) is 42.0 Å². The highest BCUT2D eigenvalue weighted by atomic mass is 35.5. The lowest BCUT2D eigenvalue weighted by Crippen LogP contribution is -2.30. The molecule has 0 bridgehead atoms. The summed E-state index contributed by atoms with van der Waals surface area (Å²) in [5.41, 5.74) is 1.87. The number of rotatable bonds is 5. The lowest BCUT2D eigenvalue weighted by molar-refractivity contribution is -0.119. The number of hydrogen-bond acceptors (Lipinski definition) is 2. The zero-order chi connectivity index (χ0) is 15.2. The monoisotopic (exact) mass is 342 g/mol. The van der Waals surface area contributed by atoms with Crippen molar-refractivity contribution < 1.29 is 4.79 Å².